The lowest BCUT2D eigenvalue weighted by Crippen LogP contribution is -2.45. The highest BCUT2D eigenvalue weighted by atomic mass is 16.2. The van der Waals surface area contributed by atoms with Crippen molar-refractivity contribution in [3.05, 3.63) is 0 Å². The van der Waals surface area contributed by atoms with E-state index in [0.717, 1.165) is 12.8 Å². The topological polar surface area (TPSA) is 56.1 Å². The van der Waals surface area contributed by atoms with Gasteiger partial charge in [-0.2, -0.15) is 5.26 Å². The number of likely N-dealkylation sites (tertiary alicyclic amines) is 1. The van der Waals surface area contributed by atoms with Crippen LogP contribution in [0.2, 0.25) is 0 Å². The summed E-state index contributed by atoms with van der Waals surface area (Å²) in [4.78, 5) is 13.9. The number of carbonyl (C=O) groups is 1. The first-order valence-electron chi connectivity index (χ1n) is 6.66. The zero-order valence-corrected chi connectivity index (χ0v) is 10.5. The zero-order chi connectivity index (χ0) is 12.3. The van der Waals surface area contributed by atoms with Gasteiger partial charge < -0.3 is 10.2 Å². The van der Waals surface area contributed by atoms with Gasteiger partial charge in [0, 0.05) is 12.1 Å². The van der Waals surface area contributed by atoms with Gasteiger partial charge in [-0.05, 0) is 32.6 Å². The molecule has 4 heteroatoms. The van der Waals surface area contributed by atoms with E-state index in [1.165, 1.54) is 25.7 Å². The van der Waals surface area contributed by atoms with Gasteiger partial charge in [0.1, 0.15) is 6.04 Å². The molecule has 1 N–H and O–H groups in total. The summed E-state index contributed by atoms with van der Waals surface area (Å²) in [5.41, 5.74) is 0. The van der Waals surface area contributed by atoms with Crippen LogP contribution in [0.1, 0.15) is 45.4 Å². The molecule has 2 unspecified atom stereocenters. The first-order valence-corrected chi connectivity index (χ1v) is 6.66. The minimum absolute atomic E-state index is 0.0912. The van der Waals surface area contributed by atoms with Crippen molar-refractivity contribution < 1.29 is 4.79 Å². The van der Waals surface area contributed by atoms with Gasteiger partial charge in [-0.3, -0.25) is 4.79 Å². The van der Waals surface area contributed by atoms with E-state index in [4.69, 9.17) is 5.26 Å². The van der Waals surface area contributed by atoms with E-state index in [2.05, 4.69) is 11.4 Å². The first kappa shape index (κ1) is 12.4. The molecule has 2 rings (SSSR count). The summed E-state index contributed by atoms with van der Waals surface area (Å²) in [6.07, 6.45) is 6.69. The molecule has 0 aromatic heterocycles. The lowest BCUT2D eigenvalue weighted by atomic mass is 10.2. The molecular formula is C13H21N3O. The van der Waals surface area contributed by atoms with Gasteiger partial charge in [0.2, 0.25) is 5.91 Å². The highest BCUT2D eigenvalue weighted by Crippen LogP contribution is 2.23. The maximum Gasteiger partial charge on any atom is 0.237 e. The van der Waals surface area contributed by atoms with Crippen LogP contribution in [-0.2, 0) is 4.79 Å². The molecule has 94 valence electrons. The fourth-order valence-corrected chi connectivity index (χ4v) is 2.98. The van der Waals surface area contributed by atoms with Crippen molar-refractivity contribution in [3.63, 3.8) is 0 Å². The maximum absolute atomic E-state index is 12.1. The number of nitrogens with zero attached hydrogens (tertiary/aromatic N) is 2. The third kappa shape index (κ3) is 2.78. The fourth-order valence-electron chi connectivity index (χ4n) is 2.98. The molecule has 1 saturated carbocycles. The second-order valence-corrected chi connectivity index (χ2v) is 5.23. The monoisotopic (exact) mass is 235 g/mol. The van der Waals surface area contributed by atoms with Gasteiger partial charge >= 0.3 is 0 Å². The maximum atomic E-state index is 12.1. The van der Waals surface area contributed by atoms with Crippen LogP contribution in [0.25, 0.3) is 0 Å². The fraction of sp³-hybridized carbons (Fsp3) is 0.846. The highest BCUT2D eigenvalue weighted by Gasteiger charge is 2.34. The van der Waals surface area contributed by atoms with Crippen LogP contribution in [0, 0.1) is 11.3 Å². The summed E-state index contributed by atoms with van der Waals surface area (Å²) in [6.45, 7) is 2.43. The molecule has 0 aromatic rings. The van der Waals surface area contributed by atoms with Gasteiger partial charge in [-0.1, -0.05) is 12.8 Å². The van der Waals surface area contributed by atoms with E-state index in [9.17, 15) is 4.79 Å². The smallest absolute Gasteiger partial charge is 0.237 e. The Hall–Kier alpha value is -1.08. The minimum Gasteiger partial charge on any atom is -0.323 e. The summed E-state index contributed by atoms with van der Waals surface area (Å²) < 4.78 is 0. The second kappa shape index (κ2) is 5.50. The number of hydrogen-bond donors (Lipinski definition) is 1. The molecular weight excluding hydrogens is 214 g/mol. The van der Waals surface area contributed by atoms with E-state index in [1.54, 1.807) is 4.90 Å². The van der Waals surface area contributed by atoms with Crippen molar-refractivity contribution in [2.24, 2.45) is 0 Å². The quantitative estimate of drug-likeness (QED) is 0.805. The van der Waals surface area contributed by atoms with Crippen molar-refractivity contribution in [2.75, 3.05) is 6.54 Å². The van der Waals surface area contributed by atoms with Gasteiger partial charge in [0.15, 0.2) is 0 Å². The molecule has 0 spiro atoms. The van der Waals surface area contributed by atoms with E-state index >= 15 is 0 Å². The lowest BCUT2D eigenvalue weighted by Gasteiger charge is -2.25. The molecule has 2 aliphatic rings. The van der Waals surface area contributed by atoms with Crippen molar-refractivity contribution >= 4 is 5.91 Å². The third-order valence-corrected chi connectivity index (χ3v) is 4.00. The predicted molar refractivity (Wildman–Crippen MR) is 65.2 cm³/mol. The summed E-state index contributed by atoms with van der Waals surface area (Å²) in [7, 11) is 0. The normalized spacial score (nSPS) is 29.5. The van der Waals surface area contributed by atoms with Gasteiger partial charge in [-0.15, -0.1) is 0 Å². The average molecular weight is 235 g/mol. The first-order chi connectivity index (χ1) is 8.22. The Morgan fingerprint density at radius 3 is 2.71 bits per heavy atom. The lowest BCUT2D eigenvalue weighted by molar-refractivity contribution is -0.132. The van der Waals surface area contributed by atoms with Crippen LogP contribution < -0.4 is 5.32 Å². The van der Waals surface area contributed by atoms with E-state index in [0.29, 0.717) is 12.6 Å². The van der Waals surface area contributed by atoms with Gasteiger partial charge in [0.05, 0.1) is 12.6 Å². The second-order valence-electron chi connectivity index (χ2n) is 5.23. The molecule has 0 radical (unpaired) electrons. The standard InChI is InChI=1S/C13H21N3O/c1-10-6-7-12(8-14)16(10)13(17)9-15-11-4-2-3-5-11/h10-12,15H,2-7,9H2,1H3. The molecule has 1 heterocycles. The predicted octanol–water partition coefficient (Wildman–Crippen LogP) is 1.42. The molecule has 1 amide bonds. The van der Waals surface area contributed by atoms with Crippen molar-refractivity contribution in [2.45, 2.75) is 63.6 Å². The molecule has 0 bridgehead atoms. The number of nitrogens with one attached hydrogen (secondary N) is 1. The van der Waals surface area contributed by atoms with Crippen LogP contribution in [0.4, 0.5) is 0 Å². The average Bonchev–Trinajstić information content (AvgIpc) is 2.94. The summed E-state index contributed by atoms with van der Waals surface area (Å²) in [6, 6.07) is 2.76. The van der Waals surface area contributed by atoms with Crippen LogP contribution in [-0.4, -0.2) is 35.5 Å². The molecule has 1 aliphatic heterocycles. The molecule has 17 heavy (non-hydrogen) atoms. The summed E-state index contributed by atoms with van der Waals surface area (Å²) >= 11 is 0. The highest BCUT2D eigenvalue weighted by molar-refractivity contribution is 5.79. The van der Waals surface area contributed by atoms with Gasteiger partial charge in [0.25, 0.3) is 0 Å². The van der Waals surface area contributed by atoms with E-state index in [1.807, 2.05) is 6.92 Å². The zero-order valence-electron chi connectivity index (χ0n) is 10.5. The van der Waals surface area contributed by atoms with Crippen LogP contribution in [0.3, 0.4) is 0 Å². The van der Waals surface area contributed by atoms with Crippen molar-refractivity contribution in [1.82, 2.24) is 10.2 Å². The Morgan fingerprint density at radius 2 is 2.06 bits per heavy atom. The Bertz CT molecular complexity index is 317. The largest absolute Gasteiger partial charge is 0.323 e. The van der Waals surface area contributed by atoms with Crippen LogP contribution in [0.5, 0.6) is 0 Å². The molecule has 1 aliphatic carbocycles. The van der Waals surface area contributed by atoms with Crippen LogP contribution in [0.15, 0.2) is 0 Å². The van der Waals surface area contributed by atoms with Crippen molar-refractivity contribution in [1.29, 1.82) is 5.26 Å². The van der Waals surface area contributed by atoms with Crippen LogP contribution >= 0.6 is 0 Å². The van der Waals surface area contributed by atoms with Gasteiger partial charge in [-0.25, -0.2) is 0 Å². The Kier molecular flexibility index (Phi) is 4.01. The Labute approximate surface area is 103 Å². The number of amides is 1. The minimum atomic E-state index is -0.206. The number of rotatable bonds is 3. The summed E-state index contributed by atoms with van der Waals surface area (Å²) in [5, 5.41) is 12.3. The van der Waals surface area contributed by atoms with Crippen molar-refractivity contribution in [3.8, 4) is 6.07 Å². The summed E-state index contributed by atoms with van der Waals surface area (Å²) in [5.74, 6) is 0.0912. The molecule has 2 fully saturated rings. The third-order valence-electron chi connectivity index (χ3n) is 4.00. The van der Waals surface area contributed by atoms with E-state index < -0.39 is 0 Å². The number of nitriles is 1. The number of hydrogen-bond acceptors (Lipinski definition) is 3. The molecule has 4 nitrogen and oxygen atoms in total. The van der Waals surface area contributed by atoms with E-state index in [-0.39, 0.29) is 18.0 Å². The molecule has 2 atom stereocenters. The Morgan fingerprint density at radius 1 is 1.35 bits per heavy atom. The molecule has 0 aromatic carbocycles. The molecule has 1 saturated heterocycles. The number of carbonyl (C=O) groups excluding carboxylic acids is 1. The SMILES string of the molecule is CC1CCC(C#N)N1C(=O)CNC1CCCC1. The Balaban J connectivity index is 1.83.